The summed E-state index contributed by atoms with van der Waals surface area (Å²) in [6.45, 7) is 4.10. The zero-order valence-electron chi connectivity index (χ0n) is 14.3. The number of amides is 1. The molecule has 7 heteroatoms. The number of thioether (sulfide) groups is 1. The Kier molecular flexibility index (Phi) is 5.44. The first-order valence-electron chi connectivity index (χ1n) is 8.17. The molecule has 0 spiro atoms. The van der Waals surface area contributed by atoms with E-state index < -0.39 is 5.97 Å². The van der Waals surface area contributed by atoms with Crippen LogP contribution in [-0.4, -0.2) is 47.8 Å². The molecule has 2 fully saturated rings. The lowest BCUT2D eigenvalue weighted by molar-refractivity contribution is -0.143. The second-order valence-corrected chi connectivity index (χ2v) is 7.75. The molecule has 0 N–H and O–H groups in total. The van der Waals surface area contributed by atoms with Gasteiger partial charge in [-0.05, 0) is 49.1 Å². The number of benzene rings is 1. The van der Waals surface area contributed by atoms with E-state index in [1.807, 2.05) is 19.1 Å². The molecule has 0 aliphatic carbocycles. The van der Waals surface area contributed by atoms with Gasteiger partial charge in [-0.3, -0.25) is 14.5 Å². The molecule has 2 heterocycles. The van der Waals surface area contributed by atoms with E-state index in [1.54, 1.807) is 0 Å². The summed E-state index contributed by atoms with van der Waals surface area (Å²) in [5, 5.41) is 0. The van der Waals surface area contributed by atoms with Crippen molar-refractivity contribution in [1.29, 1.82) is 0 Å². The van der Waals surface area contributed by atoms with E-state index in [1.165, 1.54) is 42.3 Å². The van der Waals surface area contributed by atoms with Crippen LogP contribution >= 0.6 is 24.0 Å². The summed E-state index contributed by atoms with van der Waals surface area (Å²) in [6, 6.07) is 6.29. The standard InChI is InChI=1S/C18H20N2O3S2/c1-12-9-14(19-7-3-4-8-19)6-5-13(12)10-15-17(22)20(18(24)25-15)11-16(21)23-2/h5-6,9-10H,3-4,7-8,11H2,1-2H3/b15-10-. The fraction of sp³-hybridized carbons (Fsp3) is 0.389. The van der Waals surface area contributed by atoms with Gasteiger partial charge in [0, 0.05) is 18.8 Å². The number of methoxy groups -OCH3 is 1. The van der Waals surface area contributed by atoms with Gasteiger partial charge >= 0.3 is 5.97 Å². The molecule has 0 aromatic heterocycles. The molecule has 5 nitrogen and oxygen atoms in total. The number of thiocarbonyl (C=S) groups is 1. The Morgan fingerprint density at radius 1 is 1.36 bits per heavy atom. The maximum atomic E-state index is 12.5. The number of hydrogen-bond acceptors (Lipinski definition) is 6. The van der Waals surface area contributed by atoms with E-state index in [-0.39, 0.29) is 12.5 Å². The van der Waals surface area contributed by atoms with Crippen molar-refractivity contribution in [2.45, 2.75) is 19.8 Å². The lowest BCUT2D eigenvalue weighted by Crippen LogP contribution is -2.33. The molecular formula is C18H20N2O3S2. The van der Waals surface area contributed by atoms with Crippen molar-refractivity contribution < 1.29 is 14.3 Å². The summed E-state index contributed by atoms with van der Waals surface area (Å²) in [7, 11) is 1.29. The van der Waals surface area contributed by atoms with Gasteiger partial charge in [-0.25, -0.2) is 0 Å². The number of aryl methyl sites for hydroxylation is 1. The highest BCUT2D eigenvalue weighted by Gasteiger charge is 2.33. The summed E-state index contributed by atoms with van der Waals surface area (Å²) >= 11 is 6.43. The lowest BCUT2D eigenvalue weighted by Gasteiger charge is -2.18. The summed E-state index contributed by atoms with van der Waals surface area (Å²) < 4.78 is 5.00. The van der Waals surface area contributed by atoms with Crippen molar-refractivity contribution in [2.24, 2.45) is 0 Å². The predicted molar refractivity (Wildman–Crippen MR) is 105 cm³/mol. The highest BCUT2D eigenvalue weighted by Crippen LogP contribution is 2.33. The number of nitrogens with zero attached hydrogens (tertiary/aromatic N) is 2. The smallest absolute Gasteiger partial charge is 0.325 e. The first-order valence-corrected chi connectivity index (χ1v) is 9.40. The summed E-state index contributed by atoms with van der Waals surface area (Å²) in [5.41, 5.74) is 3.33. The van der Waals surface area contributed by atoms with Crippen LogP contribution in [0, 0.1) is 6.92 Å². The Labute approximate surface area is 157 Å². The Hall–Kier alpha value is -1.86. The summed E-state index contributed by atoms with van der Waals surface area (Å²) in [4.78, 5) is 28.1. The third kappa shape index (κ3) is 3.88. The SMILES string of the molecule is COC(=O)CN1C(=O)/C(=C/c2ccc(N3CCCC3)cc2C)SC1=S. The molecule has 2 aliphatic heterocycles. The van der Waals surface area contributed by atoms with Crippen LogP contribution in [0.25, 0.3) is 6.08 Å². The van der Waals surface area contributed by atoms with E-state index in [0.29, 0.717) is 9.23 Å². The fourth-order valence-electron chi connectivity index (χ4n) is 2.97. The number of ether oxygens (including phenoxy) is 1. The minimum Gasteiger partial charge on any atom is -0.468 e. The molecule has 0 unspecified atom stereocenters. The van der Waals surface area contributed by atoms with Crippen LogP contribution in [0.2, 0.25) is 0 Å². The van der Waals surface area contributed by atoms with Crippen molar-refractivity contribution in [2.75, 3.05) is 31.6 Å². The van der Waals surface area contributed by atoms with E-state index in [0.717, 1.165) is 24.2 Å². The van der Waals surface area contributed by atoms with Crippen LogP contribution in [0.1, 0.15) is 24.0 Å². The van der Waals surface area contributed by atoms with Crippen molar-refractivity contribution >= 4 is 51.9 Å². The summed E-state index contributed by atoms with van der Waals surface area (Å²) in [6.07, 6.45) is 4.33. The van der Waals surface area contributed by atoms with Gasteiger partial charge in [0.2, 0.25) is 0 Å². The van der Waals surface area contributed by atoms with E-state index >= 15 is 0 Å². The minimum absolute atomic E-state index is 0.147. The highest BCUT2D eigenvalue weighted by atomic mass is 32.2. The molecule has 1 amide bonds. The zero-order chi connectivity index (χ0) is 18.0. The molecule has 2 aliphatic rings. The third-order valence-corrected chi connectivity index (χ3v) is 5.78. The van der Waals surface area contributed by atoms with Crippen molar-refractivity contribution in [3.63, 3.8) is 0 Å². The molecule has 3 rings (SSSR count). The molecule has 0 radical (unpaired) electrons. The van der Waals surface area contributed by atoms with Crippen LogP contribution in [0.5, 0.6) is 0 Å². The van der Waals surface area contributed by atoms with Gasteiger partial charge < -0.3 is 9.64 Å². The second kappa shape index (κ2) is 7.58. The van der Waals surface area contributed by atoms with Crippen LogP contribution in [0.15, 0.2) is 23.1 Å². The molecule has 132 valence electrons. The highest BCUT2D eigenvalue weighted by molar-refractivity contribution is 8.26. The predicted octanol–water partition coefficient (Wildman–Crippen LogP) is 2.97. The van der Waals surface area contributed by atoms with Crippen LogP contribution in [-0.2, 0) is 14.3 Å². The van der Waals surface area contributed by atoms with Crippen LogP contribution in [0.3, 0.4) is 0 Å². The quantitative estimate of drug-likeness (QED) is 0.457. The number of hydrogen-bond donors (Lipinski definition) is 0. The maximum absolute atomic E-state index is 12.5. The minimum atomic E-state index is -0.483. The van der Waals surface area contributed by atoms with Crippen LogP contribution < -0.4 is 4.90 Å². The largest absolute Gasteiger partial charge is 0.468 e. The van der Waals surface area contributed by atoms with Gasteiger partial charge in [0.25, 0.3) is 5.91 Å². The van der Waals surface area contributed by atoms with E-state index in [4.69, 9.17) is 12.2 Å². The molecule has 25 heavy (non-hydrogen) atoms. The van der Waals surface area contributed by atoms with Crippen molar-refractivity contribution in [3.05, 3.63) is 34.2 Å². The van der Waals surface area contributed by atoms with Crippen molar-refractivity contribution in [1.82, 2.24) is 4.90 Å². The average molecular weight is 377 g/mol. The number of carbonyl (C=O) groups excluding carboxylic acids is 2. The molecule has 1 aromatic carbocycles. The first-order chi connectivity index (χ1) is 12.0. The van der Waals surface area contributed by atoms with Gasteiger partial charge in [0.05, 0.1) is 12.0 Å². The van der Waals surface area contributed by atoms with Gasteiger partial charge in [-0.2, -0.15) is 0 Å². The topological polar surface area (TPSA) is 49.9 Å². The Morgan fingerprint density at radius 2 is 2.08 bits per heavy atom. The number of rotatable bonds is 4. The first kappa shape index (κ1) is 17.9. The molecule has 0 atom stereocenters. The number of carbonyl (C=O) groups is 2. The van der Waals surface area contributed by atoms with Gasteiger partial charge in [-0.15, -0.1) is 0 Å². The fourth-order valence-corrected chi connectivity index (χ4v) is 4.21. The monoisotopic (exact) mass is 376 g/mol. The number of anilines is 1. The Morgan fingerprint density at radius 3 is 2.72 bits per heavy atom. The molecule has 0 saturated carbocycles. The lowest BCUT2D eigenvalue weighted by atomic mass is 10.1. The molecule has 0 bridgehead atoms. The average Bonchev–Trinajstić information content (AvgIpc) is 3.21. The van der Waals surface area contributed by atoms with Gasteiger partial charge in [-0.1, -0.05) is 30.0 Å². The Balaban J connectivity index is 1.79. The summed E-state index contributed by atoms with van der Waals surface area (Å²) in [5.74, 6) is -0.730. The molecule has 2 saturated heterocycles. The number of esters is 1. The van der Waals surface area contributed by atoms with Crippen molar-refractivity contribution in [3.8, 4) is 0 Å². The maximum Gasteiger partial charge on any atom is 0.325 e. The van der Waals surface area contributed by atoms with E-state index in [9.17, 15) is 9.59 Å². The van der Waals surface area contributed by atoms with Gasteiger partial charge in [0.15, 0.2) is 0 Å². The van der Waals surface area contributed by atoms with E-state index in [2.05, 4.69) is 21.8 Å². The van der Waals surface area contributed by atoms with Gasteiger partial charge in [0.1, 0.15) is 10.9 Å². The normalized spacial score (nSPS) is 19.2. The zero-order valence-corrected chi connectivity index (χ0v) is 15.9. The molecule has 1 aromatic rings. The third-order valence-electron chi connectivity index (χ3n) is 4.40. The molecular weight excluding hydrogens is 356 g/mol. The van der Waals surface area contributed by atoms with Crippen LogP contribution in [0.4, 0.5) is 5.69 Å². The second-order valence-electron chi connectivity index (χ2n) is 6.08. The Bertz CT molecular complexity index is 755.